The molecule has 0 amide bonds. The van der Waals surface area contributed by atoms with Gasteiger partial charge in [0.05, 0.1) is 6.61 Å². The van der Waals surface area contributed by atoms with Gasteiger partial charge in [-0.1, -0.05) is 18.2 Å². The fraction of sp³-hybridized carbons (Fsp3) is 0.273. The summed E-state index contributed by atoms with van der Waals surface area (Å²) in [5, 5.41) is 8.84. The van der Waals surface area contributed by atoms with E-state index in [1.165, 1.54) is 6.07 Å². The van der Waals surface area contributed by atoms with Gasteiger partial charge in [0.25, 0.3) is 0 Å². The summed E-state index contributed by atoms with van der Waals surface area (Å²) in [6, 6.07) is 4.69. The first-order valence-corrected chi connectivity index (χ1v) is 5.08. The van der Waals surface area contributed by atoms with Crippen LogP contribution in [0.2, 0.25) is 0 Å². The number of hydrogen-bond donors (Lipinski definition) is 2. The van der Waals surface area contributed by atoms with Crippen molar-refractivity contribution in [2.75, 3.05) is 5.75 Å². The summed E-state index contributed by atoms with van der Waals surface area (Å²) in [5.41, 5.74) is 1.23. The van der Waals surface area contributed by atoms with E-state index in [0.29, 0.717) is 5.56 Å². The summed E-state index contributed by atoms with van der Waals surface area (Å²) in [6.45, 7) is -0.264. The number of halogens is 1. The lowest BCUT2D eigenvalue weighted by Gasteiger charge is -2.00. The van der Waals surface area contributed by atoms with Crippen molar-refractivity contribution in [1.82, 2.24) is 0 Å². The monoisotopic (exact) mass is 212 g/mol. The minimum atomic E-state index is -0.362. The molecule has 0 atom stereocenters. The van der Waals surface area contributed by atoms with Crippen LogP contribution >= 0.6 is 12.6 Å². The Labute approximate surface area is 88.7 Å². The molecule has 0 saturated carbocycles. The van der Waals surface area contributed by atoms with Crippen molar-refractivity contribution in [1.29, 1.82) is 0 Å². The van der Waals surface area contributed by atoms with Crippen molar-refractivity contribution in [3.05, 3.63) is 41.2 Å². The van der Waals surface area contributed by atoms with E-state index < -0.39 is 0 Å². The van der Waals surface area contributed by atoms with Crippen LogP contribution in [0.25, 0.3) is 6.08 Å². The molecule has 0 heterocycles. The molecule has 0 fully saturated rings. The summed E-state index contributed by atoms with van der Waals surface area (Å²) < 4.78 is 13.0. The van der Waals surface area contributed by atoms with E-state index in [9.17, 15) is 4.39 Å². The lowest BCUT2D eigenvalue weighted by atomic mass is 10.1. The summed E-state index contributed by atoms with van der Waals surface area (Å²) in [6.07, 6.45) is 4.76. The fourth-order valence-electron chi connectivity index (χ4n) is 1.11. The standard InChI is InChI=1S/C11H13FOS/c12-11-5-4-9(3-1-2-6-14)7-10(11)8-13/h1,3-5,7,13-14H,2,6,8H2. The normalized spacial score (nSPS) is 11.1. The van der Waals surface area contributed by atoms with Gasteiger partial charge in [0.2, 0.25) is 0 Å². The second kappa shape index (κ2) is 5.83. The molecule has 0 saturated heterocycles. The number of aliphatic hydroxyl groups excluding tert-OH is 1. The Morgan fingerprint density at radius 1 is 1.43 bits per heavy atom. The van der Waals surface area contributed by atoms with E-state index in [1.54, 1.807) is 12.1 Å². The van der Waals surface area contributed by atoms with Gasteiger partial charge < -0.3 is 5.11 Å². The predicted octanol–water partition coefficient (Wildman–Crippen LogP) is 2.65. The quantitative estimate of drug-likeness (QED) is 0.735. The fourth-order valence-corrected chi connectivity index (χ4v) is 1.26. The van der Waals surface area contributed by atoms with Crippen LogP contribution in [0.4, 0.5) is 4.39 Å². The van der Waals surface area contributed by atoms with Gasteiger partial charge >= 0.3 is 0 Å². The van der Waals surface area contributed by atoms with E-state index in [0.717, 1.165) is 17.7 Å². The second-order valence-corrected chi connectivity index (χ2v) is 3.37. The minimum Gasteiger partial charge on any atom is -0.392 e. The van der Waals surface area contributed by atoms with Crippen LogP contribution in [0.3, 0.4) is 0 Å². The van der Waals surface area contributed by atoms with E-state index >= 15 is 0 Å². The molecule has 76 valence electrons. The maximum Gasteiger partial charge on any atom is 0.128 e. The summed E-state index contributed by atoms with van der Waals surface area (Å²) >= 11 is 4.07. The summed E-state index contributed by atoms with van der Waals surface area (Å²) in [4.78, 5) is 0. The number of hydrogen-bond acceptors (Lipinski definition) is 2. The minimum absolute atomic E-state index is 0.264. The third kappa shape index (κ3) is 3.16. The Kier molecular flexibility index (Phi) is 4.70. The van der Waals surface area contributed by atoms with Gasteiger partial charge in [0.1, 0.15) is 5.82 Å². The molecule has 1 N–H and O–H groups in total. The van der Waals surface area contributed by atoms with Gasteiger partial charge in [-0.2, -0.15) is 12.6 Å². The van der Waals surface area contributed by atoms with Gasteiger partial charge in [0, 0.05) is 5.56 Å². The smallest absolute Gasteiger partial charge is 0.128 e. The third-order valence-corrected chi connectivity index (χ3v) is 2.10. The summed E-state index contributed by atoms with van der Waals surface area (Å²) in [7, 11) is 0. The van der Waals surface area contributed by atoms with Crippen LogP contribution in [-0.2, 0) is 6.61 Å². The Hall–Kier alpha value is -0.800. The predicted molar refractivity (Wildman–Crippen MR) is 59.8 cm³/mol. The maximum atomic E-state index is 13.0. The number of benzene rings is 1. The lowest BCUT2D eigenvalue weighted by Crippen LogP contribution is -1.89. The second-order valence-electron chi connectivity index (χ2n) is 2.92. The molecule has 1 aromatic rings. The lowest BCUT2D eigenvalue weighted by molar-refractivity contribution is 0.275. The highest BCUT2D eigenvalue weighted by Gasteiger charge is 1.99. The van der Waals surface area contributed by atoms with Crippen molar-refractivity contribution < 1.29 is 9.50 Å². The number of rotatable bonds is 4. The molecular weight excluding hydrogens is 199 g/mol. The highest BCUT2D eigenvalue weighted by molar-refractivity contribution is 7.80. The van der Waals surface area contributed by atoms with E-state index in [4.69, 9.17) is 5.11 Å². The Morgan fingerprint density at radius 2 is 2.21 bits per heavy atom. The number of allylic oxidation sites excluding steroid dienone is 1. The van der Waals surface area contributed by atoms with Crippen LogP contribution in [0.5, 0.6) is 0 Å². The third-order valence-electron chi connectivity index (χ3n) is 1.85. The molecule has 0 aliphatic rings. The Balaban J connectivity index is 2.79. The number of thiol groups is 1. The number of aliphatic hydroxyl groups is 1. The largest absolute Gasteiger partial charge is 0.392 e. The molecular formula is C11H13FOS. The van der Waals surface area contributed by atoms with Gasteiger partial charge in [0.15, 0.2) is 0 Å². The highest BCUT2D eigenvalue weighted by atomic mass is 32.1. The first kappa shape index (κ1) is 11.3. The van der Waals surface area contributed by atoms with Crippen LogP contribution in [0, 0.1) is 5.82 Å². The molecule has 0 bridgehead atoms. The zero-order valence-electron chi connectivity index (χ0n) is 7.78. The summed E-state index contributed by atoms with van der Waals surface area (Å²) in [5.74, 6) is 0.434. The maximum absolute atomic E-state index is 13.0. The van der Waals surface area contributed by atoms with E-state index in [2.05, 4.69) is 12.6 Å². The van der Waals surface area contributed by atoms with E-state index in [-0.39, 0.29) is 12.4 Å². The van der Waals surface area contributed by atoms with Gasteiger partial charge in [-0.25, -0.2) is 4.39 Å². The molecule has 1 aromatic carbocycles. The average molecular weight is 212 g/mol. The van der Waals surface area contributed by atoms with Crippen molar-refractivity contribution in [3.63, 3.8) is 0 Å². The van der Waals surface area contributed by atoms with Crippen molar-refractivity contribution in [2.24, 2.45) is 0 Å². The molecule has 3 heteroatoms. The van der Waals surface area contributed by atoms with Gasteiger partial charge in [-0.3, -0.25) is 0 Å². The molecule has 0 aromatic heterocycles. The topological polar surface area (TPSA) is 20.2 Å². The van der Waals surface area contributed by atoms with Crippen LogP contribution in [0.15, 0.2) is 24.3 Å². The highest BCUT2D eigenvalue weighted by Crippen LogP contribution is 2.12. The van der Waals surface area contributed by atoms with Gasteiger partial charge in [-0.15, -0.1) is 0 Å². The van der Waals surface area contributed by atoms with E-state index in [1.807, 2.05) is 12.2 Å². The van der Waals surface area contributed by atoms with Gasteiger partial charge in [-0.05, 0) is 29.9 Å². The molecule has 0 aliphatic carbocycles. The molecule has 0 aliphatic heterocycles. The Morgan fingerprint density at radius 3 is 2.86 bits per heavy atom. The van der Waals surface area contributed by atoms with Crippen molar-refractivity contribution in [2.45, 2.75) is 13.0 Å². The molecule has 1 rings (SSSR count). The first-order chi connectivity index (χ1) is 6.77. The van der Waals surface area contributed by atoms with Crippen LogP contribution < -0.4 is 0 Å². The molecule has 0 unspecified atom stereocenters. The van der Waals surface area contributed by atoms with Crippen LogP contribution in [-0.4, -0.2) is 10.9 Å². The zero-order chi connectivity index (χ0) is 10.4. The van der Waals surface area contributed by atoms with Crippen molar-refractivity contribution in [3.8, 4) is 0 Å². The Bertz CT molecular complexity index is 323. The molecule has 1 nitrogen and oxygen atoms in total. The molecule has 0 spiro atoms. The zero-order valence-corrected chi connectivity index (χ0v) is 8.67. The van der Waals surface area contributed by atoms with Crippen LogP contribution in [0.1, 0.15) is 17.5 Å². The van der Waals surface area contributed by atoms with Crippen molar-refractivity contribution >= 4 is 18.7 Å². The first-order valence-electron chi connectivity index (χ1n) is 4.44. The average Bonchev–Trinajstić information content (AvgIpc) is 2.21. The SMILES string of the molecule is OCc1cc(C=CCCS)ccc1F. The molecule has 0 radical (unpaired) electrons. The molecule has 14 heavy (non-hydrogen) atoms.